The SMILES string of the molecule is COCCNS(=O)(=O)NCCOC1CCC(N)CC1. The fourth-order valence-corrected chi connectivity index (χ4v) is 2.79. The maximum Gasteiger partial charge on any atom is 0.277 e. The van der Waals surface area contributed by atoms with E-state index >= 15 is 0 Å². The molecule has 1 rings (SSSR count). The molecule has 19 heavy (non-hydrogen) atoms. The summed E-state index contributed by atoms with van der Waals surface area (Å²) in [6.45, 7) is 1.25. The first-order valence-corrected chi connectivity index (χ1v) is 8.12. The van der Waals surface area contributed by atoms with Crippen LogP contribution < -0.4 is 15.2 Å². The maximum atomic E-state index is 11.4. The van der Waals surface area contributed by atoms with Gasteiger partial charge >= 0.3 is 0 Å². The summed E-state index contributed by atoms with van der Waals surface area (Å²) < 4.78 is 38.1. The van der Waals surface area contributed by atoms with Crippen molar-refractivity contribution < 1.29 is 17.9 Å². The highest BCUT2D eigenvalue weighted by atomic mass is 32.2. The summed E-state index contributed by atoms with van der Waals surface area (Å²) >= 11 is 0. The lowest BCUT2D eigenvalue weighted by molar-refractivity contribution is 0.0287. The number of ether oxygens (including phenoxy) is 2. The van der Waals surface area contributed by atoms with Crippen molar-refractivity contribution in [3.05, 3.63) is 0 Å². The molecule has 0 atom stereocenters. The molecule has 0 aromatic carbocycles. The minimum atomic E-state index is -3.45. The van der Waals surface area contributed by atoms with Crippen LogP contribution in [0, 0.1) is 0 Å². The number of hydrogen-bond donors (Lipinski definition) is 3. The fourth-order valence-electron chi connectivity index (χ4n) is 1.99. The van der Waals surface area contributed by atoms with E-state index in [1.807, 2.05) is 0 Å². The van der Waals surface area contributed by atoms with Gasteiger partial charge in [0.2, 0.25) is 0 Å². The summed E-state index contributed by atoms with van der Waals surface area (Å²) in [5, 5.41) is 0. The van der Waals surface area contributed by atoms with Gasteiger partial charge in [-0.3, -0.25) is 0 Å². The van der Waals surface area contributed by atoms with E-state index in [4.69, 9.17) is 15.2 Å². The zero-order valence-electron chi connectivity index (χ0n) is 11.4. The van der Waals surface area contributed by atoms with Crippen molar-refractivity contribution >= 4 is 10.2 Å². The monoisotopic (exact) mass is 295 g/mol. The molecule has 0 amide bonds. The lowest BCUT2D eigenvalue weighted by Crippen LogP contribution is -2.40. The fraction of sp³-hybridized carbons (Fsp3) is 1.00. The second kappa shape index (κ2) is 8.83. The van der Waals surface area contributed by atoms with Gasteiger partial charge < -0.3 is 15.2 Å². The van der Waals surface area contributed by atoms with Gasteiger partial charge in [0, 0.05) is 26.2 Å². The normalized spacial score (nSPS) is 24.5. The Balaban J connectivity index is 2.06. The van der Waals surface area contributed by atoms with E-state index in [2.05, 4.69) is 9.44 Å². The number of hydrogen-bond acceptors (Lipinski definition) is 5. The van der Waals surface area contributed by atoms with E-state index in [-0.39, 0.29) is 19.2 Å². The highest BCUT2D eigenvalue weighted by Crippen LogP contribution is 2.19. The molecule has 7 nitrogen and oxygen atoms in total. The van der Waals surface area contributed by atoms with Gasteiger partial charge in [0.1, 0.15) is 0 Å². The number of rotatable bonds is 9. The molecular formula is C11H25N3O4S. The molecule has 114 valence electrons. The first-order valence-electron chi connectivity index (χ1n) is 6.64. The first-order chi connectivity index (χ1) is 9.03. The lowest BCUT2D eigenvalue weighted by Gasteiger charge is -2.26. The van der Waals surface area contributed by atoms with Crippen molar-refractivity contribution in [3.63, 3.8) is 0 Å². The molecule has 0 spiro atoms. The number of nitrogens with one attached hydrogen (secondary N) is 2. The number of methoxy groups -OCH3 is 1. The van der Waals surface area contributed by atoms with Gasteiger partial charge in [0.05, 0.1) is 19.3 Å². The number of nitrogens with two attached hydrogens (primary N) is 1. The summed E-state index contributed by atoms with van der Waals surface area (Å²) in [6.07, 6.45) is 4.09. The molecule has 1 aliphatic carbocycles. The largest absolute Gasteiger partial charge is 0.383 e. The summed E-state index contributed by atoms with van der Waals surface area (Å²) in [5.74, 6) is 0. The zero-order valence-corrected chi connectivity index (χ0v) is 12.2. The molecule has 4 N–H and O–H groups in total. The molecule has 0 heterocycles. The second-order valence-corrected chi connectivity index (χ2v) is 6.28. The van der Waals surface area contributed by atoms with Gasteiger partial charge in [-0.25, -0.2) is 0 Å². The van der Waals surface area contributed by atoms with Gasteiger partial charge in [-0.15, -0.1) is 0 Å². The van der Waals surface area contributed by atoms with Crippen molar-refractivity contribution in [1.29, 1.82) is 0 Å². The molecular weight excluding hydrogens is 270 g/mol. The van der Waals surface area contributed by atoms with Gasteiger partial charge in [-0.1, -0.05) is 0 Å². The van der Waals surface area contributed by atoms with Crippen LogP contribution in [0.4, 0.5) is 0 Å². The molecule has 0 unspecified atom stereocenters. The summed E-state index contributed by atoms with van der Waals surface area (Å²) in [7, 11) is -1.93. The van der Waals surface area contributed by atoms with Crippen LogP contribution in [0.3, 0.4) is 0 Å². The van der Waals surface area contributed by atoms with Gasteiger partial charge in [-0.2, -0.15) is 17.9 Å². The molecule has 1 aliphatic rings. The van der Waals surface area contributed by atoms with Crippen molar-refractivity contribution in [2.24, 2.45) is 5.73 Å². The van der Waals surface area contributed by atoms with Crippen LogP contribution in [0.2, 0.25) is 0 Å². The molecule has 0 bridgehead atoms. The van der Waals surface area contributed by atoms with Crippen LogP contribution in [0.15, 0.2) is 0 Å². The third-order valence-electron chi connectivity index (χ3n) is 3.06. The molecule has 0 radical (unpaired) electrons. The maximum absolute atomic E-state index is 11.4. The van der Waals surface area contributed by atoms with Gasteiger partial charge in [0.25, 0.3) is 10.2 Å². The Morgan fingerprint density at radius 2 is 1.68 bits per heavy atom. The summed E-state index contributed by atoms with van der Waals surface area (Å²) in [6, 6.07) is 0.295. The average molecular weight is 295 g/mol. The van der Waals surface area contributed by atoms with Crippen LogP contribution in [-0.4, -0.2) is 54.0 Å². The summed E-state index contributed by atoms with van der Waals surface area (Å²) in [4.78, 5) is 0. The Morgan fingerprint density at radius 3 is 2.26 bits per heavy atom. The van der Waals surface area contributed by atoms with Crippen LogP contribution in [0.1, 0.15) is 25.7 Å². The van der Waals surface area contributed by atoms with Gasteiger partial charge in [-0.05, 0) is 25.7 Å². The third kappa shape index (κ3) is 7.81. The first kappa shape index (κ1) is 16.8. The lowest BCUT2D eigenvalue weighted by atomic mass is 9.94. The molecule has 0 aromatic heterocycles. The average Bonchev–Trinajstić information content (AvgIpc) is 2.37. The second-order valence-electron chi connectivity index (χ2n) is 4.69. The van der Waals surface area contributed by atoms with Crippen molar-refractivity contribution in [2.45, 2.75) is 37.8 Å². The molecule has 1 saturated carbocycles. The Kier molecular flexibility index (Phi) is 7.81. The van der Waals surface area contributed by atoms with Crippen LogP contribution >= 0.6 is 0 Å². The Bertz CT molecular complexity index is 329. The van der Waals surface area contributed by atoms with E-state index in [1.54, 1.807) is 0 Å². The minimum Gasteiger partial charge on any atom is -0.383 e. The smallest absolute Gasteiger partial charge is 0.277 e. The van der Waals surface area contributed by atoms with E-state index in [0.717, 1.165) is 25.7 Å². The van der Waals surface area contributed by atoms with Crippen LogP contribution in [0.25, 0.3) is 0 Å². The van der Waals surface area contributed by atoms with Gasteiger partial charge in [0.15, 0.2) is 0 Å². The van der Waals surface area contributed by atoms with Crippen molar-refractivity contribution in [1.82, 2.24) is 9.44 Å². The van der Waals surface area contributed by atoms with Crippen molar-refractivity contribution in [2.75, 3.05) is 33.4 Å². The van der Waals surface area contributed by atoms with E-state index in [1.165, 1.54) is 7.11 Å². The summed E-state index contributed by atoms with van der Waals surface area (Å²) in [5.41, 5.74) is 5.80. The standard InChI is InChI=1S/C11H25N3O4S/c1-17-8-6-13-19(15,16)14-7-9-18-11-4-2-10(12)3-5-11/h10-11,13-14H,2-9,12H2,1H3. The minimum absolute atomic E-state index is 0.214. The topological polar surface area (TPSA) is 103 Å². The van der Waals surface area contributed by atoms with Crippen molar-refractivity contribution in [3.8, 4) is 0 Å². The van der Waals surface area contributed by atoms with E-state index < -0.39 is 10.2 Å². The molecule has 1 fully saturated rings. The molecule has 8 heteroatoms. The van der Waals surface area contributed by atoms with E-state index in [9.17, 15) is 8.42 Å². The molecule has 0 aliphatic heterocycles. The highest BCUT2D eigenvalue weighted by Gasteiger charge is 2.18. The quantitative estimate of drug-likeness (QED) is 0.490. The Labute approximate surface area is 115 Å². The third-order valence-corrected chi connectivity index (χ3v) is 4.23. The predicted octanol–water partition coefficient (Wildman–Crippen LogP) is -0.657. The predicted molar refractivity (Wildman–Crippen MR) is 73.0 cm³/mol. The van der Waals surface area contributed by atoms with Crippen LogP contribution in [0.5, 0.6) is 0 Å². The Morgan fingerprint density at radius 1 is 1.11 bits per heavy atom. The Hall–Kier alpha value is -0.250. The van der Waals surface area contributed by atoms with E-state index in [0.29, 0.717) is 19.3 Å². The molecule has 0 saturated heterocycles. The zero-order chi connectivity index (χ0) is 14.1. The highest BCUT2D eigenvalue weighted by molar-refractivity contribution is 7.87. The van der Waals surface area contributed by atoms with Crippen LogP contribution in [-0.2, 0) is 19.7 Å². The molecule has 0 aromatic rings.